The maximum atomic E-state index is 11.2. The van der Waals surface area contributed by atoms with Gasteiger partial charge >= 0.3 is 0 Å². The molecule has 1 aromatic heterocycles. The molecule has 2 atom stereocenters. The number of ether oxygens (including phenoxy) is 1. The van der Waals surface area contributed by atoms with Crippen LogP contribution < -0.4 is 10.1 Å². The van der Waals surface area contributed by atoms with Crippen molar-refractivity contribution in [2.75, 3.05) is 7.11 Å². The Morgan fingerprint density at radius 2 is 2.17 bits per heavy atom. The van der Waals surface area contributed by atoms with Gasteiger partial charge in [0, 0.05) is 31.1 Å². The van der Waals surface area contributed by atoms with Gasteiger partial charge in [-0.3, -0.25) is 4.79 Å². The van der Waals surface area contributed by atoms with Gasteiger partial charge in [-0.1, -0.05) is 18.9 Å². The third kappa shape index (κ3) is 3.00. The van der Waals surface area contributed by atoms with Crippen LogP contribution >= 0.6 is 0 Å². The molecular formula is C14H20N2O2. The molecule has 0 aromatic carbocycles. The Labute approximate surface area is 108 Å². The highest BCUT2D eigenvalue weighted by Crippen LogP contribution is 2.33. The summed E-state index contributed by atoms with van der Waals surface area (Å²) >= 11 is 0. The number of pyridine rings is 1. The average Bonchev–Trinajstić information content (AvgIpc) is 2.39. The minimum atomic E-state index is 0.0494. The van der Waals surface area contributed by atoms with Crippen molar-refractivity contribution >= 4 is 5.91 Å². The van der Waals surface area contributed by atoms with Gasteiger partial charge in [-0.15, -0.1) is 0 Å². The van der Waals surface area contributed by atoms with E-state index in [1.165, 1.54) is 18.4 Å². The number of carbonyl (C=O) groups is 1. The lowest BCUT2D eigenvalue weighted by Crippen LogP contribution is -2.39. The summed E-state index contributed by atoms with van der Waals surface area (Å²) in [6, 6.07) is 4.18. The van der Waals surface area contributed by atoms with Crippen molar-refractivity contribution in [3.8, 4) is 5.88 Å². The third-order valence-corrected chi connectivity index (χ3v) is 3.55. The minimum Gasteiger partial charge on any atom is -0.481 e. The Bertz CT molecular complexity index is 403. The molecule has 4 nitrogen and oxygen atoms in total. The lowest BCUT2D eigenvalue weighted by molar-refractivity contribution is -0.120. The first-order valence-electron chi connectivity index (χ1n) is 6.47. The lowest BCUT2D eigenvalue weighted by Gasteiger charge is -2.32. The Morgan fingerprint density at radius 3 is 2.78 bits per heavy atom. The largest absolute Gasteiger partial charge is 0.481 e. The molecule has 1 N–H and O–H groups in total. The number of nitrogens with zero attached hydrogens (tertiary/aromatic N) is 1. The Kier molecular flexibility index (Phi) is 4.18. The minimum absolute atomic E-state index is 0.0494. The zero-order valence-electron chi connectivity index (χ0n) is 11.0. The normalized spacial score (nSPS) is 23.4. The predicted octanol–water partition coefficient (Wildman–Crippen LogP) is 2.25. The fraction of sp³-hybridized carbons (Fsp3) is 0.571. The standard InChI is InChI=1S/C14H20N2O2/c1-10(17)16-13-6-4-3-5-12(13)11-7-8-14(18-2)15-9-11/h7-9,12-13H,3-6H2,1-2H3,(H,16,17)/t12-,13-/m0/s1. The van der Waals surface area contributed by atoms with Gasteiger partial charge in [-0.25, -0.2) is 4.98 Å². The van der Waals surface area contributed by atoms with Crippen LogP contribution in [0.15, 0.2) is 18.3 Å². The van der Waals surface area contributed by atoms with Crippen LogP contribution in [-0.2, 0) is 4.79 Å². The van der Waals surface area contributed by atoms with Gasteiger partial charge in [0.15, 0.2) is 0 Å². The smallest absolute Gasteiger partial charge is 0.217 e. The number of aromatic nitrogens is 1. The van der Waals surface area contributed by atoms with Gasteiger partial charge in [-0.2, -0.15) is 0 Å². The van der Waals surface area contributed by atoms with Crippen molar-refractivity contribution in [3.63, 3.8) is 0 Å². The Balaban J connectivity index is 2.13. The second kappa shape index (κ2) is 5.85. The molecule has 0 unspecified atom stereocenters. The second-order valence-electron chi connectivity index (χ2n) is 4.83. The van der Waals surface area contributed by atoms with Gasteiger partial charge in [0.1, 0.15) is 0 Å². The number of amides is 1. The van der Waals surface area contributed by atoms with Crippen LogP contribution in [0.25, 0.3) is 0 Å². The summed E-state index contributed by atoms with van der Waals surface area (Å²) in [4.78, 5) is 15.5. The molecule has 1 heterocycles. The molecule has 0 radical (unpaired) electrons. The molecule has 4 heteroatoms. The molecule has 1 aliphatic rings. The van der Waals surface area contributed by atoms with Crippen LogP contribution in [0.3, 0.4) is 0 Å². The Morgan fingerprint density at radius 1 is 1.39 bits per heavy atom. The van der Waals surface area contributed by atoms with E-state index < -0.39 is 0 Å². The van der Waals surface area contributed by atoms with Gasteiger partial charge in [-0.05, 0) is 18.4 Å². The fourth-order valence-corrected chi connectivity index (χ4v) is 2.70. The van der Waals surface area contributed by atoms with Crippen molar-refractivity contribution in [2.45, 2.75) is 44.6 Å². The molecule has 1 fully saturated rings. The molecule has 98 valence electrons. The lowest BCUT2D eigenvalue weighted by atomic mass is 9.80. The van der Waals surface area contributed by atoms with E-state index in [9.17, 15) is 4.79 Å². The number of nitrogens with one attached hydrogen (secondary N) is 1. The van der Waals surface area contributed by atoms with E-state index in [1.54, 1.807) is 14.0 Å². The summed E-state index contributed by atoms with van der Waals surface area (Å²) in [7, 11) is 1.61. The van der Waals surface area contributed by atoms with E-state index in [0.29, 0.717) is 11.8 Å². The molecule has 0 spiro atoms. The molecule has 2 rings (SSSR count). The first kappa shape index (κ1) is 12.9. The van der Waals surface area contributed by atoms with Gasteiger partial charge in [0.2, 0.25) is 11.8 Å². The van der Waals surface area contributed by atoms with Gasteiger partial charge in [0.05, 0.1) is 7.11 Å². The van der Waals surface area contributed by atoms with Crippen LogP contribution in [0, 0.1) is 0 Å². The molecule has 1 aliphatic carbocycles. The van der Waals surface area contributed by atoms with Crippen LogP contribution in [0.4, 0.5) is 0 Å². The van der Waals surface area contributed by atoms with E-state index >= 15 is 0 Å². The first-order valence-corrected chi connectivity index (χ1v) is 6.47. The van der Waals surface area contributed by atoms with Gasteiger partial charge in [0.25, 0.3) is 0 Å². The van der Waals surface area contributed by atoms with E-state index in [0.717, 1.165) is 12.8 Å². The highest BCUT2D eigenvalue weighted by molar-refractivity contribution is 5.73. The van der Waals surface area contributed by atoms with E-state index in [1.807, 2.05) is 12.3 Å². The number of rotatable bonds is 3. The summed E-state index contributed by atoms with van der Waals surface area (Å²) in [5, 5.41) is 3.06. The monoisotopic (exact) mass is 248 g/mol. The first-order chi connectivity index (χ1) is 8.70. The maximum Gasteiger partial charge on any atom is 0.217 e. The average molecular weight is 248 g/mol. The predicted molar refractivity (Wildman–Crippen MR) is 69.6 cm³/mol. The molecule has 0 saturated heterocycles. The highest BCUT2D eigenvalue weighted by Gasteiger charge is 2.27. The topological polar surface area (TPSA) is 51.2 Å². The number of hydrogen-bond donors (Lipinski definition) is 1. The molecule has 1 aromatic rings. The summed E-state index contributed by atoms with van der Waals surface area (Å²) < 4.78 is 5.07. The van der Waals surface area contributed by atoms with E-state index in [4.69, 9.17) is 4.74 Å². The molecular weight excluding hydrogens is 228 g/mol. The van der Waals surface area contributed by atoms with E-state index in [-0.39, 0.29) is 11.9 Å². The van der Waals surface area contributed by atoms with Crippen LogP contribution in [-0.4, -0.2) is 24.0 Å². The fourth-order valence-electron chi connectivity index (χ4n) is 2.70. The van der Waals surface area contributed by atoms with Crippen molar-refractivity contribution in [1.29, 1.82) is 0 Å². The SMILES string of the molecule is COc1ccc([C@@H]2CCCC[C@@H]2NC(C)=O)cn1. The van der Waals surface area contributed by atoms with Crippen LogP contribution in [0.5, 0.6) is 5.88 Å². The number of methoxy groups -OCH3 is 1. The zero-order valence-corrected chi connectivity index (χ0v) is 11.0. The molecule has 18 heavy (non-hydrogen) atoms. The maximum absolute atomic E-state index is 11.2. The van der Waals surface area contributed by atoms with E-state index in [2.05, 4.69) is 16.4 Å². The van der Waals surface area contributed by atoms with Crippen molar-refractivity contribution < 1.29 is 9.53 Å². The third-order valence-electron chi connectivity index (χ3n) is 3.55. The number of carbonyl (C=O) groups excluding carboxylic acids is 1. The second-order valence-corrected chi connectivity index (χ2v) is 4.83. The Hall–Kier alpha value is -1.58. The van der Waals surface area contributed by atoms with Crippen molar-refractivity contribution in [1.82, 2.24) is 10.3 Å². The van der Waals surface area contributed by atoms with Crippen molar-refractivity contribution in [2.24, 2.45) is 0 Å². The quantitative estimate of drug-likeness (QED) is 0.892. The summed E-state index contributed by atoms with van der Waals surface area (Å²) in [6.07, 6.45) is 6.43. The molecule has 0 bridgehead atoms. The number of hydrogen-bond acceptors (Lipinski definition) is 3. The summed E-state index contributed by atoms with van der Waals surface area (Å²) in [5.74, 6) is 1.06. The van der Waals surface area contributed by atoms with Crippen LogP contribution in [0.2, 0.25) is 0 Å². The van der Waals surface area contributed by atoms with Crippen LogP contribution in [0.1, 0.15) is 44.1 Å². The summed E-state index contributed by atoms with van der Waals surface area (Å²) in [5.41, 5.74) is 1.19. The summed E-state index contributed by atoms with van der Waals surface area (Å²) in [6.45, 7) is 1.58. The molecule has 0 aliphatic heterocycles. The zero-order chi connectivity index (χ0) is 13.0. The van der Waals surface area contributed by atoms with Crippen molar-refractivity contribution in [3.05, 3.63) is 23.9 Å². The van der Waals surface area contributed by atoms with Gasteiger partial charge < -0.3 is 10.1 Å². The highest BCUT2D eigenvalue weighted by atomic mass is 16.5. The molecule has 1 amide bonds. The molecule has 1 saturated carbocycles.